The number of pyridine rings is 1. The van der Waals surface area contributed by atoms with E-state index in [1.54, 1.807) is 0 Å². The van der Waals surface area contributed by atoms with Gasteiger partial charge in [-0.25, -0.2) is 0 Å². The Labute approximate surface area is 172 Å². The molecule has 0 unspecified atom stereocenters. The number of alkyl halides is 3. The molecule has 1 atom stereocenters. The predicted octanol–water partition coefficient (Wildman–Crippen LogP) is 4.38. The van der Waals surface area contributed by atoms with E-state index in [9.17, 15) is 18.0 Å². The van der Waals surface area contributed by atoms with Crippen molar-refractivity contribution < 1.29 is 22.7 Å². The molecule has 9 heteroatoms. The number of carbonyl (C=O) groups excluding carboxylic acids is 1. The van der Waals surface area contributed by atoms with Crippen LogP contribution in [0, 0.1) is 12.8 Å². The van der Waals surface area contributed by atoms with Gasteiger partial charge in [-0.15, -0.1) is 0 Å². The lowest BCUT2D eigenvalue weighted by atomic mass is 9.90. The Morgan fingerprint density at radius 3 is 2.57 bits per heavy atom. The molecule has 6 nitrogen and oxygen atoms in total. The second-order valence-electron chi connectivity index (χ2n) is 8.66. The molecule has 4 rings (SSSR count). The van der Waals surface area contributed by atoms with Gasteiger partial charge in [0.15, 0.2) is 6.61 Å². The first-order valence-electron chi connectivity index (χ1n) is 10.2. The third-order valence-corrected chi connectivity index (χ3v) is 5.59. The van der Waals surface area contributed by atoms with E-state index in [2.05, 4.69) is 20.5 Å². The normalized spacial score (nSPS) is 18.7. The highest BCUT2D eigenvalue weighted by Gasteiger charge is 2.38. The van der Waals surface area contributed by atoms with Crippen LogP contribution in [0.15, 0.2) is 18.3 Å². The summed E-state index contributed by atoms with van der Waals surface area (Å²) >= 11 is 0. The lowest BCUT2D eigenvalue weighted by molar-refractivity contribution is -0.153. The largest absolute Gasteiger partial charge is 0.484 e. The van der Waals surface area contributed by atoms with Gasteiger partial charge in [0.2, 0.25) is 0 Å². The molecule has 2 heterocycles. The number of amides is 1. The highest BCUT2D eigenvalue weighted by molar-refractivity contribution is 5.93. The van der Waals surface area contributed by atoms with E-state index in [1.807, 2.05) is 19.9 Å². The highest BCUT2D eigenvalue weighted by Crippen LogP contribution is 2.44. The molecule has 2 aliphatic rings. The summed E-state index contributed by atoms with van der Waals surface area (Å²) in [6.07, 6.45) is 1.74. The minimum absolute atomic E-state index is 0.0332. The molecule has 1 amide bonds. The Morgan fingerprint density at radius 2 is 2.00 bits per heavy atom. The molecule has 2 N–H and O–H groups in total. The molecule has 0 aliphatic heterocycles. The number of halogens is 3. The van der Waals surface area contributed by atoms with Crippen LogP contribution in [0.5, 0.6) is 5.75 Å². The first-order valence-corrected chi connectivity index (χ1v) is 10.2. The monoisotopic (exact) mass is 422 g/mol. The molecule has 2 aromatic heterocycles. The maximum Gasteiger partial charge on any atom is 0.422 e. The summed E-state index contributed by atoms with van der Waals surface area (Å²) in [5.41, 5.74) is 1.57. The molecule has 162 valence electrons. The molecule has 2 fully saturated rings. The van der Waals surface area contributed by atoms with Crippen LogP contribution in [0.25, 0.3) is 0 Å². The third-order valence-electron chi connectivity index (χ3n) is 5.59. The maximum absolute atomic E-state index is 13.0. The zero-order valence-electron chi connectivity index (χ0n) is 17.0. The van der Waals surface area contributed by atoms with Gasteiger partial charge in [-0.05, 0) is 51.0 Å². The van der Waals surface area contributed by atoms with Gasteiger partial charge in [0.25, 0.3) is 5.91 Å². The van der Waals surface area contributed by atoms with Crippen molar-refractivity contribution in [3.05, 3.63) is 41.0 Å². The van der Waals surface area contributed by atoms with Gasteiger partial charge in [-0.3, -0.25) is 14.9 Å². The van der Waals surface area contributed by atoms with Crippen LogP contribution in [0.3, 0.4) is 0 Å². The molecule has 2 aromatic rings. The van der Waals surface area contributed by atoms with Gasteiger partial charge in [-0.2, -0.15) is 18.3 Å². The average Bonchev–Trinajstić information content (AvgIpc) is 3.59. The van der Waals surface area contributed by atoms with E-state index < -0.39 is 24.2 Å². The summed E-state index contributed by atoms with van der Waals surface area (Å²) in [6.45, 7) is 2.40. The first-order chi connectivity index (χ1) is 14.1. The molecule has 0 aromatic carbocycles. The Morgan fingerprint density at radius 1 is 1.27 bits per heavy atom. The van der Waals surface area contributed by atoms with Crippen LogP contribution in [-0.4, -0.2) is 33.9 Å². The summed E-state index contributed by atoms with van der Waals surface area (Å²) in [5, 5.41) is 10.2. The first kappa shape index (κ1) is 20.7. The van der Waals surface area contributed by atoms with Crippen LogP contribution in [0.2, 0.25) is 0 Å². The third kappa shape index (κ3) is 4.94. The summed E-state index contributed by atoms with van der Waals surface area (Å²) < 4.78 is 43.0. The Kier molecular flexibility index (Phi) is 5.23. The Balaban J connectivity index is 1.56. The van der Waals surface area contributed by atoms with Crippen molar-refractivity contribution in [2.75, 3.05) is 6.61 Å². The van der Waals surface area contributed by atoms with E-state index in [1.165, 1.54) is 12.3 Å². The van der Waals surface area contributed by atoms with E-state index in [-0.39, 0.29) is 17.4 Å². The summed E-state index contributed by atoms with van der Waals surface area (Å²) in [6, 6.07) is 3.21. The second-order valence-corrected chi connectivity index (χ2v) is 8.66. The smallest absolute Gasteiger partial charge is 0.422 e. The number of nitrogens with zero attached hydrogens (tertiary/aromatic N) is 2. The standard InChI is InChI=1S/C21H25F3N4O2/c1-12-7-18(28-27-12)20(2,9-13-3-4-13)26-19(29)16-8-17(30-11-21(22,23)24)15(10-25-16)14-5-6-14/h7-8,10,13-14H,3-6,9,11H2,1-2H3,(H,26,29)(H,27,28)/t20-/m0/s1. The summed E-state index contributed by atoms with van der Waals surface area (Å²) in [7, 11) is 0. The van der Waals surface area contributed by atoms with Gasteiger partial charge >= 0.3 is 6.18 Å². The molecule has 0 spiro atoms. The Hall–Kier alpha value is -2.58. The number of rotatable bonds is 8. The lowest BCUT2D eigenvalue weighted by Gasteiger charge is -2.29. The minimum atomic E-state index is -4.45. The van der Waals surface area contributed by atoms with Crippen molar-refractivity contribution in [3.8, 4) is 5.75 Å². The van der Waals surface area contributed by atoms with Gasteiger partial charge in [0.05, 0.1) is 11.2 Å². The zero-order valence-corrected chi connectivity index (χ0v) is 17.0. The Bertz CT molecular complexity index is 935. The molecular formula is C21H25F3N4O2. The number of hydrogen-bond acceptors (Lipinski definition) is 4. The number of aryl methyl sites for hydroxylation is 1. The fourth-order valence-electron chi connectivity index (χ4n) is 3.69. The molecular weight excluding hydrogens is 397 g/mol. The van der Waals surface area contributed by atoms with Gasteiger partial charge in [-0.1, -0.05) is 12.8 Å². The number of ether oxygens (including phenoxy) is 1. The number of carbonyl (C=O) groups is 1. The quantitative estimate of drug-likeness (QED) is 0.662. The van der Waals surface area contributed by atoms with E-state index >= 15 is 0 Å². The van der Waals surface area contributed by atoms with Crippen molar-refractivity contribution in [1.29, 1.82) is 0 Å². The molecule has 0 bridgehead atoms. The number of hydrogen-bond donors (Lipinski definition) is 2. The van der Waals surface area contributed by atoms with Gasteiger partial charge in [0.1, 0.15) is 11.4 Å². The van der Waals surface area contributed by atoms with E-state index in [0.29, 0.717) is 11.5 Å². The molecule has 0 radical (unpaired) electrons. The zero-order chi connectivity index (χ0) is 21.5. The number of H-pyrrole nitrogens is 1. The predicted molar refractivity (Wildman–Crippen MR) is 103 cm³/mol. The minimum Gasteiger partial charge on any atom is -0.484 e. The topological polar surface area (TPSA) is 79.9 Å². The van der Waals surface area contributed by atoms with Crippen LogP contribution in [-0.2, 0) is 5.54 Å². The fraction of sp³-hybridized carbons (Fsp3) is 0.571. The molecule has 0 saturated heterocycles. The molecule has 2 saturated carbocycles. The van der Waals surface area contributed by atoms with Crippen molar-refractivity contribution >= 4 is 5.91 Å². The van der Waals surface area contributed by atoms with E-state index in [0.717, 1.165) is 43.5 Å². The lowest BCUT2D eigenvalue weighted by Crippen LogP contribution is -2.44. The van der Waals surface area contributed by atoms with E-state index in [4.69, 9.17) is 4.74 Å². The van der Waals surface area contributed by atoms with Crippen LogP contribution in [0.1, 0.15) is 72.4 Å². The van der Waals surface area contributed by atoms with Crippen LogP contribution in [0.4, 0.5) is 13.2 Å². The summed E-state index contributed by atoms with van der Waals surface area (Å²) in [5.74, 6) is 0.278. The SMILES string of the molecule is Cc1cc([C@](C)(CC2CC2)NC(=O)c2cc(OCC(F)(F)F)c(C3CC3)cn2)n[nH]1. The summed E-state index contributed by atoms with van der Waals surface area (Å²) in [4.78, 5) is 17.2. The van der Waals surface area contributed by atoms with Crippen molar-refractivity contribution in [3.63, 3.8) is 0 Å². The van der Waals surface area contributed by atoms with Gasteiger partial charge in [0, 0.05) is 23.5 Å². The fourth-order valence-corrected chi connectivity index (χ4v) is 3.69. The number of aromatic amines is 1. The average molecular weight is 422 g/mol. The molecule has 2 aliphatic carbocycles. The van der Waals surface area contributed by atoms with Gasteiger partial charge < -0.3 is 10.1 Å². The van der Waals surface area contributed by atoms with Crippen LogP contribution >= 0.6 is 0 Å². The highest BCUT2D eigenvalue weighted by atomic mass is 19.4. The second kappa shape index (κ2) is 7.59. The molecule has 30 heavy (non-hydrogen) atoms. The number of aromatic nitrogens is 3. The van der Waals surface area contributed by atoms with Crippen LogP contribution < -0.4 is 10.1 Å². The number of nitrogens with one attached hydrogen (secondary N) is 2. The van der Waals surface area contributed by atoms with Crippen molar-refractivity contribution in [2.45, 2.75) is 63.6 Å². The maximum atomic E-state index is 13.0. The van der Waals surface area contributed by atoms with Crippen molar-refractivity contribution in [1.82, 2.24) is 20.5 Å². The van der Waals surface area contributed by atoms with Crippen molar-refractivity contribution in [2.24, 2.45) is 5.92 Å².